The van der Waals surface area contributed by atoms with E-state index in [9.17, 15) is 0 Å². The van der Waals surface area contributed by atoms with Crippen molar-refractivity contribution in [2.45, 2.75) is 46.6 Å². The van der Waals surface area contributed by atoms with Crippen molar-refractivity contribution in [2.75, 3.05) is 5.32 Å². The van der Waals surface area contributed by atoms with Crippen molar-refractivity contribution in [3.63, 3.8) is 0 Å². The summed E-state index contributed by atoms with van der Waals surface area (Å²) < 4.78 is 7.36. The Balaban J connectivity index is 2.07. The molecule has 4 nitrogen and oxygen atoms in total. The molecule has 0 aliphatic carbocycles. The number of nitrogens with zero attached hydrogens (tertiary/aromatic N) is 2. The van der Waals surface area contributed by atoms with Gasteiger partial charge in [0.2, 0.25) is 0 Å². The molecule has 0 spiro atoms. The van der Waals surface area contributed by atoms with Crippen LogP contribution in [0.2, 0.25) is 0 Å². The van der Waals surface area contributed by atoms with Crippen LogP contribution in [0.25, 0.3) is 16.9 Å². The van der Waals surface area contributed by atoms with E-state index in [-0.39, 0.29) is 11.0 Å². The normalized spacial score (nSPS) is 12.7. The molecule has 3 aromatic heterocycles. The highest BCUT2D eigenvalue weighted by Crippen LogP contribution is 2.34. The van der Waals surface area contributed by atoms with E-state index in [1.54, 1.807) is 12.5 Å². The molecule has 0 aliphatic heterocycles. The third-order valence-corrected chi connectivity index (χ3v) is 3.75. The molecule has 3 rings (SSSR count). The molecule has 122 valence electrons. The van der Waals surface area contributed by atoms with E-state index >= 15 is 0 Å². The van der Waals surface area contributed by atoms with Gasteiger partial charge in [-0.1, -0.05) is 26.8 Å². The fourth-order valence-electron chi connectivity index (χ4n) is 3.41. The second-order valence-corrected chi connectivity index (χ2v) is 8.00. The number of nitrogens with one attached hydrogen (secondary N) is 1. The van der Waals surface area contributed by atoms with Crippen molar-refractivity contribution in [2.24, 2.45) is 5.41 Å². The lowest BCUT2D eigenvalue weighted by Crippen LogP contribution is -2.36. The molecule has 1 N–H and O–H groups in total. The number of furan rings is 1. The van der Waals surface area contributed by atoms with Gasteiger partial charge < -0.3 is 9.73 Å². The quantitative estimate of drug-likeness (QED) is 0.718. The summed E-state index contributed by atoms with van der Waals surface area (Å²) in [6.07, 6.45) is 6.51. The van der Waals surface area contributed by atoms with Crippen molar-refractivity contribution in [3.8, 4) is 11.3 Å². The van der Waals surface area contributed by atoms with Crippen LogP contribution in [0, 0.1) is 5.41 Å². The SMILES string of the molecule is CC(C)(C)CC(C)(C)Nc1c(-c2ccoc2)nc2ccccn12. The molecule has 0 atom stereocenters. The molecular weight excluding hydrogens is 286 g/mol. The van der Waals surface area contributed by atoms with E-state index < -0.39 is 0 Å². The second-order valence-electron chi connectivity index (χ2n) is 8.00. The van der Waals surface area contributed by atoms with E-state index in [2.05, 4.69) is 44.3 Å². The van der Waals surface area contributed by atoms with Crippen LogP contribution in [-0.4, -0.2) is 14.9 Å². The summed E-state index contributed by atoms with van der Waals surface area (Å²) in [6.45, 7) is 11.3. The molecule has 0 aromatic carbocycles. The highest BCUT2D eigenvalue weighted by Gasteiger charge is 2.28. The molecule has 0 fully saturated rings. The van der Waals surface area contributed by atoms with Gasteiger partial charge in [-0.05, 0) is 43.9 Å². The first-order chi connectivity index (χ1) is 10.8. The standard InChI is InChI=1S/C19H25N3O/c1-18(2,3)13-19(4,5)21-17-16(14-9-11-23-12-14)20-15-8-6-7-10-22(15)17/h6-12,21H,13H2,1-5H3. The predicted molar refractivity (Wildman–Crippen MR) is 94.7 cm³/mol. The third kappa shape index (κ3) is 3.41. The van der Waals surface area contributed by atoms with E-state index in [1.807, 2.05) is 30.5 Å². The van der Waals surface area contributed by atoms with Crippen LogP contribution in [0.4, 0.5) is 5.82 Å². The first-order valence-electron chi connectivity index (χ1n) is 8.03. The van der Waals surface area contributed by atoms with Crippen molar-refractivity contribution in [1.29, 1.82) is 0 Å². The zero-order valence-electron chi connectivity index (χ0n) is 14.6. The van der Waals surface area contributed by atoms with Gasteiger partial charge >= 0.3 is 0 Å². The number of imidazole rings is 1. The Hall–Kier alpha value is -2.23. The summed E-state index contributed by atoms with van der Waals surface area (Å²) in [4.78, 5) is 4.78. The molecule has 0 radical (unpaired) electrons. The van der Waals surface area contributed by atoms with Gasteiger partial charge in [-0.2, -0.15) is 0 Å². The first-order valence-corrected chi connectivity index (χ1v) is 8.03. The van der Waals surface area contributed by atoms with Gasteiger partial charge in [-0.15, -0.1) is 0 Å². The maximum atomic E-state index is 5.25. The van der Waals surface area contributed by atoms with Crippen LogP contribution in [0.3, 0.4) is 0 Å². The number of anilines is 1. The van der Waals surface area contributed by atoms with Gasteiger partial charge in [0, 0.05) is 17.3 Å². The Bertz CT molecular complexity index is 792. The fourth-order valence-corrected chi connectivity index (χ4v) is 3.41. The molecule has 0 amide bonds. The summed E-state index contributed by atoms with van der Waals surface area (Å²) >= 11 is 0. The molecular formula is C19H25N3O. The predicted octanol–water partition coefficient (Wildman–Crippen LogP) is 5.22. The van der Waals surface area contributed by atoms with E-state index in [0.717, 1.165) is 29.1 Å². The minimum absolute atomic E-state index is 0.0530. The molecule has 0 unspecified atom stereocenters. The van der Waals surface area contributed by atoms with Crippen LogP contribution in [0.5, 0.6) is 0 Å². The number of pyridine rings is 1. The van der Waals surface area contributed by atoms with Crippen LogP contribution in [0.1, 0.15) is 41.0 Å². The van der Waals surface area contributed by atoms with Gasteiger partial charge in [0.25, 0.3) is 0 Å². The molecule has 0 bridgehead atoms. The topological polar surface area (TPSA) is 42.5 Å². The van der Waals surface area contributed by atoms with Gasteiger partial charge in [0.05, 0.1) is 12.5 Å². The summed E-state index contributed by atoms with van der Waals surface area (Å²) in [7, 11) is 0. The lowest BCUT2D eigenvalue weighted by molar-refractivity contribution is 0.302. The highest BCUT2D eigenvalue weighted by molar-refractivity contribution is 5.76. The average molecular weight is 311 g/mol. The van der Waals surface area contributed by atoms with Crippen LogP contribution >= 0.6 is 0 Å². The molecule has 3 heterocycles. The highest BCUT2D eigenvalue weighted by atomic mass is 16.3. The molecule has 4 heteroatoms. The lowest BCUT2D eigenvalue weighted by Gasteiger charge is -2.34. The van der Waals surface area contributed by atoms with Crippen LogP contribution in [0.15, 0.2) is 47.4 Å². The molecule has 23 heavy (non-hydrogen) atoms. The van der Waals surface area contributed by atoms with Gasteiger partial charge in [0.15, 0.2) is 0 Å². The largest absolute Gasteiger partial charge is 0.472 e. The van der Waals surface area contributed by atoms with Gasteiger partial charge in [0.1, 0.15) is 17.2 Å². The zero-order valence-corrected chi connectivity index (χ0v) is 14.6. The third-order valence-electron chi connectivity index (χ3n) is 3.75. The first kappa shape index (κ1) is 15.7. The Morgan fingerprint density at radius 1 is 1.13 bits per heavy atom. The Kier molecular flexibility index (Phi) is 3.71. The molecule has 0 saturated heterocycles. The van der Waals surface area contributed by atoms with Crippen LogP contribution < -0.4 is 5.32 Å². The number of hydrogen-bond donors (Lipinski definition) is 1. The smallest absolute Gasteiger partial charge is 0.139 e. The zero-order chi connectivity index (χ0) is 16.7. The van der Waals surface area contributed by atoms with Crippen molar-refractivity contribution in [3.05, 3.63) is 43.0 Å². The summed E-state index contributed by atoms with van der Waals surface area (Å²) in [5.41, 5.74) is 3.03. The Morgan fingerprint density at radius 3 is 2.57 bits per heavy atom. The van der Waals surface area contributed by atoms with Crippen molar-refractivity contribution in [1.82, 2.24) is 9.38 Å². The molecule has 0 aliphatic rings. The number of aromatic nitrogens is 2. The van der Waals surface area contributed by atoms with E-state index in [0.29, 0.717) is 0 Å². The molecule has 0 saturated carbocycles. The average Bonchev–Trinajstić information content (AvgIpc) is 3.03. The fraction of sp³-hybridized carbons (Fsp3) is 0.421. The van der Waals surface area contributed by atoms with Gasteiger partial charge in [-0.3, -0.25) is 4.40 Å². The van der Waals surface area contributed by atoms with Gasteiger partial charge in [-0.25, -0.2) is 4.98 Å². The Labute approximate surface area is 137 Å². The summed E-state index contributed by atoms with van der Waals surface area (Å²) in [5, 5.41) is 3.71. The number of rotatable bonds is 4. The van der Waals surface area contributed by atoms with E-state index in [4.69, 9.17) is 9.40 Å². The summed E-state index contributed by atoms with van der Waals surface area (Å²) in [5.74, 6) is 1.01. The maximum Gasteiger partial charge on any atom is 0.139 e. The van der Waals surface area contributed by atoms with Crippen molar-refractivity contribution < 1.29 is 4.42 Å². The molecule has 3 aromatic rings. The number of fused-ring (bicyclic) bond motifs is 1. The second kappa shape index (κ2) is 5.44. The van der Waals surface area contributed by atoms with E-state index in [1.165, 1.54) is 0 Å². The monoisotopic (exact) mass is 311 g/mol. The summed E-state index contributed by atoms with van der Waals surface area (Å²) in [6, 6.07) is 8.00. The minimum atomic E-state index is -0.0530. The number of hydrogen-bond acceptors (Lipinski definition) is 3. The Morgan fingerprint density at radius 2 is 1.91 bits per heavy atom. The van der Waals surface area contributed by atoms with Crippen LogP contribution in [-0.2, 0) is 0 Å². The lowest BCUT2D eigenvalue weighted by atomic mass is 9.82. The maximum absolute atomic E-state index is 5.25. The minimum Gasteiger partial charge on any atom is -0.472 e. The van der Waals surface area contributed by atoms with Crippen molar-refractivity contribution >= 4 is 11.5 Å².